The Morgan fingerprint density at radius 3 is 2.32 bits per heavy atom. The molecule has 2 unspecified atom stereocenters. The van der Waals surface area contributed by atoms with Crippen LogP contribution in [0.4, 0.5) is 13.2 Å². The second-order valence-electron chi connectivity index (χ2n) is 6.46. The molecule has 0 bridgehead atoms. The fourth-order valence-corrected chi connectivity index (χ4v) is 4.15. The van der Waals surface area contributed by atoms with E-state index in [-0.39, 0.29) is 0 Å². The van der Waals surface area contributed by atoms with Crippen molar-refractivity contribution in [1.82, 2.24) is 10.2 Å². The number of halogens is 3. The molecule has 2 aliphatic heterocycles. The molecule has 2 heterocycles. The Bertz CT molecular complexity index is 296. The lowest BCUT2D eigenvalue weighted by atomic mass is 9.85. The molecule has 0 aromatic heterocycles. The minimum Gasteiger partial charge on any atom is -0.312 e. The van der Waals surface area contributed by atoms with Crippen molar-refractivity contribution in [2.75, 3.05) is 19.6 Å². The van der Waals surface area contributed by atoms with E-state index in [1.54, 1.807) is 0 Å². The molecule has 5 heteroatoms. The maximum atomic E-state index is 12.7. The van der Waals surface area contributed by atoms with E-state index < -0.39 is 12.1 Å². The summed E-state index contributed by atoms with van der Waals surface area (Å²) in [5.74, 6) is -0.319. The van der Waals surface area contributed by atoms with Crippen molar-refractivity contribution >= 4 is 0 Å². The number of hydrogen-bond donors (Lipinski definition) is 1. The van der Waals surface area contributed by atoms with E-state index in [9.17, 15) is 13.2 Å². The van der Waals surface area contributed by atoms with Crippen molar-refractivity contribution in [2.24, 2.45) is 11.8 Å². The Hall–Kier alpha value is -0.290. The Kier molecular flexibility index (Phi) is 3.78. The number of likely N-dealkylation sites (tertiary alicyclic amines) is 1. The second-order valence-corrected chi connectivity index (χ2v) is 6.46. The summed E-state index contributed by atoms with van der Waals surface area (Å²) < 4.78 is 38.0. The monoisotopic (exact) mass is 276 g/mol. The molecule has 2 atom stereocenters. The van der Waals surface area contributed by atoms with Gasteiger partial charge in [0.2, 0.25) is 0 Å². The second kappa shape index (κ2) is 5.24. The maximum Gasteiger partial charge on any atom is 0.391 e. The Morgan fingerprint density at radius 1 is 0.947 bits per heavy atom. The molecule has 19 heavy (non-hydrogen) atoms. The van der Waals surface area contributed by atoms with E-state index in [1.807, 2.05) is 0 Å². The van der Waals surface area contributed by atoms with Gasteiger partial charge in [0.15, 0.2) is 0 Å². The third kappa shape index (κ3) is 2.92. The van der Waals surface area contributed by atoms with Crippen LogP contribution in [0, 0.1) is 11.8 Å². The lowest BCUT2D eigenvalue weighted by Gasteiger charge is -2.35. The third-order valence-corrected chi connectivity index (χ3v) is 5.30. The lowest BCUT2D eigenvalue weighted by molar-refractivity contribution is -0.184. The highest BCUT2D eigenvalue weighted by Gasteiger charge is 2.44. The van der Waals surface area contributed by atoms with Crippen LogP contribution in [0.25, 0.3) is 0 Å². The van der Waals surface area contributed by atoms with E-state index in [2.05, 4.69) is 10.2 Å². The molecule has 3 rings (SSSR count). The SMILES string of the molecule is FC(F)(F)C1CCC(N2CC3CCCNC3C2)CC1. The molecule has 2 nitrogen and oxygen atoms in total. The molecule has 0 radical (unpaired) electrons. The minimum absolute atomic E-state index is 0.327. The van der Waals surface area contributed by atoms with Crippen LogP contribution in [0.2, 0.25) is 0 Å². The van der Waals surface area contributed by atoms with Crippen molar-refractivity contribution < 1.29 is 13.2 Å². The molecule has 2 saturated heterocycles. The zero-order valence-electron chi connectivity index (χ0n) is 11.3. The first kappa shape index (κ1) is 13.7. The van der Waals surface area contributed by atoms with Gasteiger partial charge in [0.25, 0.3) is 0 Å². The van der Waals surface area contributed by atoms with Gasteiger partial charge < -0.3 is 5.32 Å². The number of piperidine rings is 1. The van der Waals surface area contributed by atoms with E-state index in [0.29, 0.717) is 24.9 Å². The summed E-state index contributed by atoms with van der Waals surface area (Å²) in [5, 5.41) is 3.56. The molecule has 3 fully saturated rings. The molecule has 1 N–H and O–H groups in total. The predicted molar refractivity (Wildman–Crippen MR) is 67.9 cm³/mol. The quantitative estimate of drug-likeness (QED) is 0.792. The number of nitrogens with one attached hydrogen (secondary N) is 1. The summed E-state index contributed by atoms with van der Waals surface area (Å²) >= 11 is 0. The predicted octanol–water partition coefficient (Wildman–Crippen LogP) is 2.79. The molecule has 1 aliphatic carbocycles. The van der Waals surface area contributed by atoms with Crippen molar-refractivity contribution in [3.63, 3.8) is 0 Å². The molecule has 3 aliphatic rings. The Labute approximate surface area is 112 Å². The number of nitrogens with zero attached hydrogens (tertiary/aromatic N) is 1. The van der Waals surface area contributed by atoms with Crippen molar-refractivity contribution in [3.05, 3.63) is 0 Å². The normalized spacial score (nSPS) is 41.2. The van der Waals surface area contributed by atoms with Crippen LogP contribution in [0.15, 0.2) is 0 Å². The highest BCUT2D eigenvalue weighted by Crippen LogP contribution is 2.40. The fourth-order valence-electron chi connectivity index (χ4n) is 4.15. The van der Waals surface area contributed by atoms with Crippen LogP contribution in [0.3, 0.4) is 0 Å². The number of hydrogen-bond acceptors (Lipinski definition) is 2. The third-order valence-electron chi connectivity index (χ3n) is 5.30. The van der Waals surface area contributed by atoms with E-state index in [4.69, 9.17) is 0 Å². The highest BCUT2D eigenvalue weighted by molar-refractivity contribution is 4.95. The van der Waals surface area contributed by atoms with Crippen molar-refractivity contribution in [2.45, 2.75) is 56.8 Å². The first-order chi connectivity index (χ1) is 9.04. The van der Waals surface area contributed by atoms with Crippen molar-refractivity contribution in [1.29, 1.82) is 0 Å². The molecular weight excluding hydrogens is 253 g/mol. The summed E-state index contributed by atoms with van der Waals surface area (Å²) in [4.78, 5) is 2.46. The van der Waals surface area contributed by atoms with Gasteiger partial charge in [-0.05, 0) is 51.0 Å². The molecule has 110 valence electrons. The summed E-state index contributed by atoms with van der Waals surface area (Å²) in [6, 6.07) is 0.986. The first-order valence-electron chi connectivity index (χ1n) is 7.58. The van der Waals surface area contributed by atoms with Crippen molar-refractivity contribution in [3.8, 4) is 0 Å². The molecule has 0 aromatic carbocycles. The lowest BCUT2D eigenvalue weighted by Crippen LogP contribution is -2.42. The zero-order chi connectivity index (χ0) is 13.5. The number of fused-ring (bicyclic) bond motifs is 1. The average Bonchev–Trinajstić information content (AvgIpc) is 2.81. The molecule has 0 spiro atoms. The number of rotatable bonds is 1. The van der Waals surface area contributed by atoms with Gasteiger partial charge in [0.05, 0.1) is 5.92 Å². The fraction of sp³-hybridized carbons (Fsp3) is 1.00. The molecule has 1 saturated carbocycles. The van der Waals surface area contributed by atoms with Gasteiger partial charge in [-0.1, -0.05) is 0 Å². The van der Waals surface area contributed by atoms with Gasteiger partial charge in [0, 0.05) is 25.2 Å². The van der Waals surface area contributed by atoms with E-state index in [0.717, 1.165) is 38.4 Å². The van der Waals surface area contributed by atoms with E-state index >= 15 is 0 Å². The minimum atomic E-state index is -3.98. The summed E-state index contributed by atoms with van der Waals surface area (Å²) in [6.45, 7) is 3.25. The van der Waals surface area contributed by atoms with Crippen LogP contribution in [-0.2, 0) is 0 Å². The van der Waals surface area contributed by atoms with Gasteiger partial charge in [-0.25, -0.2) is 0 Å². The topological polar surface area (TPSA) is 15.3 Å². The van der Waals surface area contributed by atoms with Gasteiger partial charge in [0.1, 0.15) is 0 Å². The molecule has 0 aromatic rings. The van der Waals surface area contributed by atoms with E-state index in [1.165, 1.54) is 12.8 Å². The summed E-state index contributed by atoms with van der Waals surface area (Å²) in [6.07, 6.45) is 0.654. The van der Waals surface area contributed by atoms with Gasteiger partial charge in [-0.15, -0.1) is 0 Å². The average molecular weight is 276 g/mol. The Morgan fingerprint density at radius 2 is 1.68 bits per heavy atom. The maximum absolute atomic E-state index is 12.7. The van der Waals surface area contributed by atoms with Crippen LogP contribution in [0.1, 0.15) is 38.5 Å². The Balaban J connectivity index is 1.52. The van der Waals surface area contributed by atoms with Crippen LogP contribution in [0.5, 0.6) is 0 Å². The van der Waals surface area contributed by atoms with Crippen LogP contribution >= 0.6 is 0 Å². The highest BCUT2D eigenvalue weighted by atomic mass is 19.4. The summed E-state index contributed by atoms with van der Waals surface area (Å²) in [7, 11) is 0. The largest absolute Gasteiger partial charge is 0.391 e. The zero-order valence-corrected chi connectivity index (χ0v) is 11.3. The van der Waals surface area contributed by atoms with Crippen LogP contribution < -0.4 is 5.32 Å². The summed E-state index contributed by atoms with van der Waals surface area (Å²) in [5.41, 5.74) is 0. The van der Waals surface area contributed by atoms with Crippen LogP contribution in [-0.4, -0.2) is 42.8 Å². The standard InChI is InChI=1S/C14H23F3N2/c15-14(16,17)11-3-5-12(6-4-11)19-8-10-2-1-7-18-13(10)9-19/h10-13,18H,1-9H2. The molecular formula is C14H23F3N2. The number of alkyl halides is 3. The smallest absolute Gasteiger partial charge is 0.312 e. The molecule has 0 amide bonds. The van der Waals surface area contributed by atoms with Gasteiger partial charge >= 0.3 is 6.18 Å². The van der Waals surface area contributed by atoms with Gasteiger partial charge in [-0.3, -0.25) is 4.90 Å². The van der Waals surface area contributed by atoms with Gasteiger partial charge in [-0.2, -0.15) is 13.2 Å². The first-order valence-corrected chi connectivity index (χ1v) is 7.58.